The number of hydrogen-bond acceptors (Lipinski definition) is 4. The Labute approximate surface area is 165 Å². The van der Waals surface area contributed by atoms with Crippen molar-refractivity contribution >= 4 is 29.9 Å². The van der Waals surface area contributed by atoms with Crippen LogP contribution in [-0.2, 0) is 6.42 Å². The van der Waals surface area contributed by atoms with Gasteiger partial charge in [-0.25, -0.2) is 4.98 Å². The molecule has 2 N–H and O–H groups in total. The highest BCUT2D eigenvalue weighted by Crippen LogP contribution is 2.16. The van der Waals surface area contributed by atoms with Crippen LogP contribution in [0.1, 0.15) is 32.5 Å². The normalized spacial score (nSPS) is 15.9. The molecular weight excluding hydrogens is 431 g/mol. The molecule has 3 rings (SSSR count). The number of hydrogen-bond donors (Lipinski definition) is 2. The van der Waals surface area contributed by atoms with Crippen LogP contribution in [0.2, 0.25) is 0 Å². The van der Waals surface area contributed by atoms with Gasteiger partial charge in [-0.1, -0.05) is 6.92 Å². The Balaban J connectivity index is 0.00000225. The summed E-state index contributed by atoms with van der Waals surface area (Å²) < 4.78 is 5.31. The second-order valence-corrected chi connectivity index (χ2v) is 6.24. The van der Waals surface area contributed by atoms with Gasteiger partial charge in [0.15, 0.2) is 11.7 Å². The minimum Gasteiger partial charge on any atom is -0.461 e. The summed E-state index contributed by atoms with van der Waals surface area (Å²) in [6.07, 6.45) is 4.82. The van der Waals surface area contributed by atoms with E-state index < -0.39 is 0 Å². The summed E-state index contributed by atoms with van der Waals surface area (Å²) in [6, 6.07) is 3.68. The van der Waals surface area contributed by atoms with Crippen LogP contribution in [0.3, 0.4) is 0 Å². The zero-order valence-electron chi connectivity index (χ0n) is 14.9. The fourth-order valence-corrected chi connectivity index (χ4v) is 2.84. The minimum atomic E-state index is 0. The van der Waals surface area contributed by atoms with Crippen LogP contribution >= 0.6 is 24.0 Å². The first-order valence-electron chi connectivity index (χ1n) is 8.74. The molecule has 0 radical (unpaired) electrons. The molecule has 3 heterocycles. The summed E-state index contributed by atoms with van der Waals surface area (Å²) in [6.45, 7) is 8.16. The number of likely N-dealkylation sites (tertiary alicyclic amines) is 1. The number of nitrogens with one attached hydrogen (secondary N) is 2. The van der Waals surface area contributed by atoms with Gasteiger partial charge in [0.05, 0.1) is 6.26 Å². The van der Waals surface area contributed by atoms with Crippen molar-refractivity contribution in [1.82, 2.24) is 25.4 Å². The van der Waals surface area contributed by atoms with Gasteiger partial charge in [-0.3, -0.25) is 10.1 Å². The fourth-order valence-electron chi connectivity index (χ4n) is 2.84. The molecule has 0 unspecified atom stereocenters. The SMILES string of the molecule is CCNC(=NCCc1nc(-c2ccco2)n[nH]1)N1CCC(C)CC1.I. The average Bonchev–Trinajstić information content (AvgIpc) is 3.26. The van der Waals surface area contributed by atoms with Crippen molar-refractivity contribution in [1.29, 1.82) is 0 Å². The smallest absolute Gasteiger partial charge is 0.216 e. The molecule has 0 atom stereocenters. The van der Waals surface area contributed by atoms with Gasteiger partial charge in [-0.15, -0.1) is 24.0 Å². The lowest BCUT2D eigenvalue weighted by Gasteiger charge is -2.32. The zero-order valence-corrected chi connectivity index (χ0v) is 17.2. The van der Waals surface area contributed by atoms with Gasteiger partial charge < -0.3 is 14.6 Å². The molecule has 1 aliphatic heterocycles. The summed E-state index contributed by atoms with van der Waals surface area (Å²) in [5, 5.41) is 10.5. The van der Waals surface area contributed by atoms with E-state index in [1.807, 2.05) is 12.1 Å². The molecule has 0 spiro atoms. The molecule has 7 nitrogen and oxygen atoms in total. The highest BCUT2D eigenvalue weighted by molar-refractivity contribution is 14.0. The van der Waals surface area contributed by atoms with Crippen LogP contribution in [-0.4, -0.2) is 52.2 Å². The molecule has 0 saturated carbocycles. The Bertz CT molecular complexity index is 646. The van der Waals surface area contributed by atoms with Crippen molar-refractivity contribution < 1.29 is 4.42 Å². The van der Waals surface area contributed by atoms with Crippen LogP contribution in [0.25, 0.3) is 11.6 Å². The maximum Gasteiger partial charge on any atom is 0.216 e. The van der Waals surface area contributed by atoms with Crippen molar-refractivity contribution in [3.8, 4) is 11.6 Å². The summed E-state index contributed by atoms with van der Waals surface area (Å²) in [7, 11) is 0. The van der Waals surface area contributed by atoms with Crippen LogP contribution in [0.15, 0.2) is 27.8 Å². The summed E-state index contributed by atoms with van der Waals surface area (Å²) in [5.41, 5.74) is 0. The first kappa shape index (κ1) is 19.7. The number of H-pyrrole nitrogens is 1. The number of aliphatic imine (C=N–C) groups is 1. The molecule has 8 heteroatoms. The maximum atomic E-state index is 5.31. The van der Waals surface area contributed by atoms with Crippen molar-refractivity contribution in [3.63, 3.8) is 0 Å². The van der Waals surface area contributed by atoms with E-state index in [4.69, 9.17) is 9.41 Å². The monoisotopic (exact) mass is 458 g/mol. The van der Waals surface area contributed by atoms with E-state index in [0.717, 1.165) is 43.8 Å². The number of aromatic amines is 1. The third kappa shape index (κ3) is 5.45. The van der Waals surface area contributed by atoms with Crippen molar-refractivity contribution in [2.24, 2.45) is 10.9 Å². The first-order chi connectivity index (χ1) is 11.8. The second-order valence-electron chi connectivity index (χ2n) is 6.24. The largest absolute Gasteiger partial charge is 0.461 e. The topological polar surface area (TPSA) is 82.3 Å². The van der Waals surface area contributed by atoms with Gasteiger partial charge in [0, 0.05) is 32.6 Å². The lowest BCUT2D eigenvalue weighted by Crippen LogP contribution is -2.45. The standard InChI is InChI=1S/C17H26N6O.HI/c1-3-18-17(23-10-7-13(2)8-11-23)19-9-6-15-20-16(22-21-15)14-5-4-12-24-14;/h4-5,12-13H,3,6-11H2,1-2H3,(H,18,19)(H,20,21,22);1H. The Hall–Kier alpha value is -1.58. The van der Waals surface area contributed by atoms with Crippen molar-refractivity contribution in [2.75, 3.05) is 26.2 Å². The number of furan rings is 1. The summed E-state index contributed by atoms with van der Waals surface area (Å²) in [4.78, 5) is 11.6. The Morgan fingerprint density at radius 3 is 2.92 bits per heavy atom. The molecule has 1 saturated heterocycles. The highest BCUT2D eigenvalue weighted by Gasteiger charge is 2.18. The maximum absolute atomic E-state index is 5.31. The first-order valence-corrected chi connectivity index (χ1v) is 8.74. The zero-order chi connectivity index (χ0) is 16.8. The lowest BCUT2D eigenvalue weighted by atomic mass is 10.00. The molecule has 0 amide bonds. The van der Waals surface area contributed by atoms with Gasteiger partial charge in [0.25, 0.3) is 0 Å². The highest BCUT2D eigenvalue weighted by atomic mass is 127. The van der Waals surface area contributed by atoms with Gasteiger partial charge in [0.2, 0.25) is 5.82 Å². The molecule has 2 aromatic rings. The second kappa shape index (κ2) is 9.79. The van der Waals surface area contributed by atoms with Crippen LogP contribution < -0.4 is 5.32 Å². The molecular formula is C17H27IN6O. The number of aromatic nitrogens is 3. The predicted molar refractivity (Wildman–Crippen MR) is 109 cm³/mol. The fraction of sp³-hybridized carbons (Fsp3) is 0.588. The Morgan fingerprint density at radius 1 is 1.44 bits per heavy atom. The number of guanidine groups is 1. The van der Waals surface area contributed by atoms with Crippen LogP contribution in [0.4, 0.5) is 0 Å². The summed E-state index contributed by atoms with van der Waals surface area (Å²) in [5.74, 6) is 3.93. The third-order valence-electron chi connectivity index (χ3n) is 4.30. The van der Waals surface area contributed by atoms with Crippen molar-refractivity contribution in [2.45, 2.75) is 33.1 Å². The number of piperidine rings is 1. The molecule has 1 aliphatic rings. The summed E-state index contributed by atoms with van der Waals surface area (Å²) >= 11 is 0. The molecule has 25 heavy (non-hydrogen) atoms. The van der Waals surface area contributed by atoms with Crippen LogP contribution in [0, 0.1) is 5.92 Å². The minimum absolute atomic E-state index is 0. The number of halogens is 1. The van der Waals surface area contributed by atoms with Gasteiger partial charge in [0.1, 0.15) is 5.82 Å². The Kier molecular flexibility index (Phi) is 7.73. The molecule has 0 bridgehead atoms. The van der Waals surface area contributed by atoms with E-state index >= 15 is 0 Å². The van der Waals surface area contributed by atoms with E-state index in [-0.39, 0.29) is 24.0 Å². The van der Waals surface area contributed by atoms with E-state index in [0.29, 0.717) is 18.1 Å². The lowest BCUT2D eigenvalue weighted by molar-refractivity contribution is 0.273. The quantitative estimate of drug-likeness (QED) is 0.409. The van der Waals surface area contributed by atoms with E-state index in [9.17, 15) is 0 Å². The third-order valence-corrected chi connectivity index (χ3v) is 4.30. The predicted octanol–water partition coefficient (Wildman–Crippen LogP) is 2.92. The molecule has 0 aromatic carbocycles. The van der Waals surface area contributed by atoms with Crippen LogP contribution in [0.5, 0.6) is 0 Å². The average molecular weight is 458 g/mol. The number of nitrogens with zero attached hydrogens (tertiary/aromatic N) is 4. The number of rotatable bonds is 5. The molecule has 1 fully saturated rings. The molecule has 138 valence electrons. The van der Waals surface area contributed by atoms with E-state index in [1.54, 1.807) is 6.26 Å². The van der Waals surface area contributed by atoms with Crippen molar-refractivity contribution in [3.05, 3.63) is 24.2 Å². The van der Waals surface area contributed by atoms with E-state index in [1.165, 1.54) is 12.8 Å². The molecule has 0 aliphatic carbocycles. The van der Waals surface area contributed by atoms with Gasteiger partial charge in [-0.2, -0.15) is 5.10 Å². The molecule has 2 aromatic heterocycles. The Morgan fingerprint density at radius 2 is 2.24 bits per heavy atom. The van der Waals surface area contributed by atoms with Gasteiger partial charge in [-0.05, 0) is 37.8 Å². The van der Waals surface area contributed by atoms with E-state index in [2.05, 4.69) is 39.2 Å². The van der Waals surface area contributed by atoms with Gasteiger partial charge >= 0.3 is 0 Å².